The topological polar surface area (TPSA) is 9.23 Å². The summed E-state index contributed by atoms with van der Waals surface area (Å²) in [5, 5.41) is 0. The minimum Gasteiger partial charge on any atom is -0.415 e. The summed E-state index contributed by atoms with van der Waals surface area (Å²) < 4.78 is 5.35. The summed E-state index contributed by atoms with van der Waals surface area (Å²) in [6.07, 6.45) is 0.420. The van der Waals surface area contributed by atoms with Crippen molar-refractivity contribution in [2.45, 2.75) is 33.0 Å². The largest absolute Gasteiger partial charge is 0.415 e. The van der Waals surface area contributed by atoms with E-state index < -0.39 is 9.04 Å². The zero-order chi connectivity index (χ0) is 5.86. The molecule has 0 amide bonds. The average Bonchev–Trinajstić information content (AvgIpc) is 1.27. The van der Waals surface area contributed by atoms with Crippen molar-refractivity contribution in [3.05, 3.63) is 0 Å². The Balaban J connectivity index is 2.95. The van der Waals surface area contributed by atoms with Gasteiger partial charge in [0.2, 0.25) is 9.04 Å². The Morgan fingerprint density at radius 3 is 1.71 bits per heavy atom. The molecule has 0 saturated heterocycles. The number of hydrogen-bond acceptors (Lipinski definition) is 1. The molecule has 0 saturated carbocycles. The molecule has 0 fully saturated rings. The van der Waals surface area contributed by atoms with Gasteiger partial charge < -0.3 is 4.43 Å². The fourth-order valence-corrected chi connectivity index (χ4v) is 1.41. The Morgan fingerprint density at radius 2 is 1.71 bits per heavy atom. The van der Waals surface area contributed by atoms with E-state index in [4.69, 9.17) is 4.43 Å². The lowest BCUT2D eigenvalue weighted by Crippen LogP contribution is -2.13. The highest BCUT2D eigenvalue weighted by molar-refractivity contribution is 6.48. The van der Waals surface area contributed by atoms with E-state index in [1.165, 1.54) is 0 Å². The minimum atomic E-state index is -0.434. The molecular weight excluding hydrogens is 104 g/mol. The van der Waals surface area contributed by atoms with Crippen LogP contribution in [0.15, 0.2) is 0 Å². The summed E-state index contributed by atoms with van der Waals surface area (Å²) in [6, 6.07) is 0. The third-order valence-electron chi connectivity index (χ3n) is 0.471. The third kappa shape index (κ3) is 6.18. The van der Waals surface area contributed by atoms with Gasteiger partial charge in [0.15, 0.2) is 0 Å². The fourth-order valence-electron chi connectivity index (χ4n) is 0.471. The molecule has 0 unspecified atom stereocenters. The molecule has 0 aliphatic heterocycles. The van der Waals surface area contributed by atoms with Gasteiger partial charge in [-0.3, -0.25) is 0 Å². The van der Waals surface area contributed by atoms with Crippen molar-refractivity contribution in [3.8, 4) is 0 Å². The lowest BCUT2D eigenvalue weighted by molar-refractivity contribution is 0.247. The maximum atomic E-state index is 5.35. The molecule has 0 aromatic carbocycles. The van der Waals surface area contributed by atoms with Crippen LogP contribution in [0.4, 0.5) is 0 Å². The zero-order valence-corrected chi connectivity index (χ0v) is 6.49. The Kier molecular flexibility index (Phi) is 3.30. The average molecular weight is 117 g/mol. The molecule has 1 radical (unpaired) electrons. The van der Waals surface area contributed by atoms with Crippen LogP contribution in [-0.2, 0) is 4.43 Å². The van der Waals surface area contributed by atoms with Gasteiger partial charge in [-0.1, -0.05) is 0 Å². The van der Waals surface area contributed by atoms with Crippen LogP contribution in [0.5, 0.6) is 0 Å². The molecule has 0 rings (SSSR count). The van der Waals surface area contributed by atoms with Crippen molar-refractivity contribution >= 4 is 9.04 Å². The van der Waals surface area contributed by atoms with Crippen LogP contribution in [0.25, 0.3) is 0 Å². The van der Waals surface area contributed by atoms with Gasteiger partial charge in [0, 0.05) is 6.10 Å². The van der Waals surface area contributed by atoms with Gasteiger partial charge in [0.25, 0.3) is 0 Å². The molecule has 0 N–H and O–H groups in total. The molecule has 0 aliphatic rings. The van der Waals surface area contributed by atoms with Crippen molar-refractivity contribution < 1.29 is 4.43 Å². The lowest BCUT2D eigenvalue weighted by Gasteiger charge is -2.07. The monoisotopic (exact) mass is 117 g/mol. The summed E-state index contributed by atoms with van der Waals surface area (Å²) >= 11 is 0. The van der Waals surface area contributed by atoms with E-state index in [1.807, 2.05) is 0 Å². The van der Waals surface area contributed by atoms with Crippen LogP contribution in [-0.4, -0.2) is 15.1 Å². The summed E-state index contributed by atoms with van der Waals surface area (Å²) in [5.41, 5.74) is 0. The molecule has 0 bridgehead atoms. The van der Waals surface area contributed by atoms with Crippen molar-refractivity contribution in [1.29, 1.82) is 0 Å². The van der Waals surface area contributed by atoms with Gasteiger partial charge >= 0.3 is 0 Å². The van der Waals surface area contributed by atoms with Crippen molar-refractivity contribution in [2.24, 2.45) is 0 Å². The van der Waals surface area contributed by atoms with Gasteiger partial charge in [-0.05, 0) is 26.9 Å². The summed E-state index contributed by atoms with van der Waals surface area (Å²) in [5.74, 6) is 0. The van der Waals surface area contributed by atoms with Gasteiger partial charge in [-0.15, -0.1) is 0 Å². The Hall–Kier alpha value is 0.177. The smallest absolute Gasteiger partial charge is 0.205 e. The van der Waals surface area contributed by atoms with E-state index >= 15 is 0 Å². The predicted octanol–water partition coefficient (Wildman–Crippen LogP) is 1.66. The van der Waals surface area contributed by atoms with Gasteiger partial charge in [0.1, 0.15) is 0 Å². The summed E-state index contributed by atoms with van der Waals surface area (Å²) in [4.78, 5) is 0. The van der Waals surface area contributed by atoms with Crippen molar-refractivity contribution in [3.63, 3.8) is 0 Å². The molecule has 0 aromatic rings. The van der Waals surface area contributed by atoms with E-state index in [2.05, 4.69) is 26.9 Å². The van der Waals surface area contributed by atoms with Crippen LogP contribution in [0.1, 0.15) is 13.8 Å². The van der Waals surface area contributed by atoms with Gasteiger partial charge in [-0.2, -0.15) is 0 Å². The van der Waals surface area contributed by atoms with E-state index in [0.717, 1.165) is 0 Å². The molecule has 2 heteroatoms. The van der Waals surface area contributed by atoms with E-state index in [9.17, 15) is 0 Å². The Bertz CT molecular complexity index is 37.3. The van der Waals surface area contributed by atoms with Crippen LogP contribution >= 0.6 is 0 Å². The fraction of sp³-hybridized carbons (Fsp3) is 1.00. The van der Waals surface area contributed by atoms with E-state index in [1.54, 1.807) is 0 Å². The predicted molar refractivity (Wildman–Crippen MR) is 33.7 cm³/mol. The van der Waals surface area contributed by atoms with Crippen molar-refractivity contribution in [1.82, 2.24) is 0 Å². The maximum Gasteiger partial charge on any atom is 0.205 e. The first kappa shape index (κ1) is 7.18. The first-order valence-electron chi connectivity index (χ1n) is 2.59. The normalized spacial score (nSPS) is 11.1. The molecule has 0 heterocycles. The highest BCUT2D eigenvalue weighted by atomic mass is 28.3. The molecule has 0 spiro atoms. The Labute approximate surface area is 47.4 Å². The minimum absolute atomic E-state index is 0.420. The van der Waals surface area contributed by atoms with E-state index in [-0.39, 0.29) is 0 Å². The molecule has 0 aliphatic carbocycles. The van der Waals surface area contributed by atoms with Crippen LogP contribution in [0, 0.1) is 0 Å². The van der Waals surface area contributed by atoms with Crippen LogP contribution < -0.4 is 0 Å². The van der Waals surface area contributed by atoms with Gasteiger partial charge in [-0.25, -0.2) is 0 Å². The van der Waals surface area contributed by atoms with Crippen LogP contribution in [0.3, 0.4) is 0 Å². The second-order valence-corrected chi connectivity index (χ2v) is 4.13. The SMILES string of the molecule is CC(C)O[Si](C)C. The quantitative estimate of drug-likeness (QED) is 0.500. The molecule has 43 valence electrons. The molecule has 0 atom stereocenters. The summed E-state index contributed by atoms with van der Waals surface area (Å²) in [7, 11) is -0.434. The molecule has 7 heavy (non-hydrogen) atoms. The highest BCUT2D eigenvalue weighted by Crippen LogP contribution is 1.90. The molecular formula is C5H13OSi. The molecule has 1 nitrogen and oxygen atoms in total. The summed E-state index contributed by atoms with van der Waals surface area (Å²) in [6.45, 7) is 8.42. The maximum absolute atomic E-state index is 5.35. The second-order valence-electron chi connectivity index (χ2n) is 2.07. The first-order valence-corrected chi connectivity index (χ1v) is 5.00. The van der Waals surface area contributed by atoms with Crippen molar-refractivity contribution in [2.75, 3.05) is 0 Å². The number of hydrogen-bond donors (Lipinski definition) is 0. The third-order valence-corrected chi connectivity index (χ3v) is 1.41. The Morgan fingerprint density at radius 1 is 1.29 bits per heavy atom. The highest BCUT2D eigenvalue weighted by Gasteiger charge is 1.97. The number of rotatable bonds is 2. The van der Waals surface area contributed by atoms with E-state index in [0.29, 0.717) is 6.10 Å². The second kappa shape index (κ2) is 3.21. The van der Waals surface area contributed by atoms with Crippen LogP contribution in [0.2, 0.25) is 13.1 Å². The zero-order valence-electron chi connectivity index (χ0n) is 5.49. The first-order chi connectivity index (χ1) is 3.13. The molecule has 0 aromatic heterocycles. The lowest BCUT2D eigenvalue weighted by atomic mass is 10.5. The van der Waals surface area contributed by atoms with Gasteiger partial charge in [0.05, 0.1) is 0 Å². The standard InChI is InChI=1S/C5H13OSi/c1-5(2)6-7(3)4/h5H,1-4H3.